The summed E-state index contributed by atoms with van der Waals surface area (Å²) >= 11 is 0. The molecule has 0 radical (unpaired) electrons. The number of amides is 1. The number of likely N-dealkylation sites (tertiary alicyclic amines) is 1. The minimum absolute atomic E-state index is 0. The Kier molecular flexibility index (Phi) is 6.03. The molecule has 1 aliphatic heterocycles. The molecule has 1 atom stereocenters. The second kappa shape index (κ2) is 7.09. The first-order valence-corrected chi connectivity index (χ1v) is 7.24. The SMILES string of the molecule is CCC(CC)(C(=O)N1CC[C@@H](N)C1)c1ccccc1.Cl. The van der Waals surface area contributed by atoms with Gasteiger partial charge in [0.05, 0.1) is 5.41 Å². The molecule has 0 unspecified atom stereocenters. The van der Waals surface area contributed by atoms with Crippen LogP contribution in [0.3, 0.4) is 0 Å². The second-order valence-electron chi connectivity index (χ2n) is 5.46. The molecule has 0 bridgehead atoms. The van der Waals surface area contributed by atoms with E-state index in [0.717, 1.165) is 31.4 Å². The molecule has 20 heavy (non-hydrogen) atoms. The van der Waals surface area contributed by atoms with Crippen LogP contribution in [0.15, 0.2) is 30.3 Å². The van der Waals surface area contributed by atoms with Crippen LogP contribution in [-0.2, 0) is 10.2 Å². The van der Waals surface area contributed by atoms with Crippen molar-refractivity contribution in [3.63, 3.8) is 0 Å². The van der Waals surface area contributed by atoms with Crippen molar-refractivity contribution in [1.82, 2.24) is 4.90 Å². The van der Waals surface area contributed by atoms with Crippen molar-refractivity contribution in [2.75, 3.05) is 13.1 Å². The van der Waals surface area contributed by atoms with E-state index in [1.807, 2.05) is 23.1 Å². The van der Waals surface area contributed by atoms with Crippen molar-refractivity contribution >= 4 is 18.3 Å². The van der Waals surface area contributed by atoms with Crippen molar-refractivity contribution in [3.8, 4) is 0 Å². The molecule has 1 aromatic carbocycles. The highest BCUT2D eigenvalue weighted by molar-refractivity contribution is 5.88. The molecule has 3 nitrogen and oxygen atoms in total. The largest absolute Gasteiger partial charge is 0.340 e. The monoisotopic (exact) mass is 296 g/mol. The van der Waals surface area contributed by atoms with E-state index in [9.17, 15) is 4.79 Å². The number of carbonyl (C=O) groups excluding carboxylic acids is 1. The Bertz CT molecular complexity index is 431. The quantitative estimate of drug-likeness (QED) is 0.928. The summed E-state index contributed by atoms with van der Waals surface area (Å²) in [6, 6.07) is 10.3. The lowest BCUT2D eigenvalue weighted by Crippen LogP contribution is -2.46. The number of hydrogen-bond donors (Lipinski definition) is 1. The van der Waals surface area contributed by atoms with Gasteiger partial charge in [-0.05, 0) is 24.8 Å². The Hall–Kier alpha value is -1.06. The van der Waals surface area contributed by atoms with E-state index in [0.29, 0.717) is 6.54 Å². The van der Waals surface area contributed by atoms with Crippen LogP contribution in [-0.4, -0.2) is 29.9 Å². The number of benzene rings is 1. The lowest BCUT2D eigenvalue weighted by molar-refractivity contribution is -0.136. The maximum Gasteiger partial charge on any atom is 0.233 e. The fourth-order valence-electron chi connectivity index (χ4n) is 3.12. The molecule has 1 aliphatic rings. The van der Waals surface area contributed by atoms with Crippen LogP contribution in [0.25, 0.3) is 0 Å². The Balaban J connectivity index is 0.00000200. The van der Waals surface area contributed by atoms with E-state index in [2.05, 4.69) is 26.0 Å². The van der Waals surface area contributed by atoms with Gasteiger partial charge in [0.25, 0.3) is 0 Å². The number of hydrogen-bond acceptors (Lipinski definition) is 2. The summed E-state index contributed by atoms with van der Waals surface area (Å²) in [6.07, 6.45) is 2.58. The van der Waals surface area contributed by atoms with Crippen LogP contribution >= 0.6 is 12.4 Å². The van der Waals surface area contributed by atoms with Gasteiger partial charge in [0, 0.05) is 19.1 Å². The van der Waals surface area contributed by atoms with E-state index < -0.39 is 0 Å². The molecule has 0 saturated carbocycles. The highest BCUT2D eigenvalue weighted by atomic mass is 35.5. The van der Waals surface area contributed by atoms with Crippen molar-refractivity contribution in [1.29, 1.82) is 0 Å². The van der Waals surface area contributed by atoms with Crippen LogP contribution < -0.4 is 5.73 Å². The number of carbonyl (C=O) groups is 1. The predicted molar refractivity (Wildman–Crippen MR) is 85.1 cm³/mol. The standard InChI is InChI=1S/C16H24N2O.ClH/c1-3-16(4-2,13-8-6-5-7-9-13)15(19)18-11-10-14(17)12-18;/h5-9,14H,3-4,10-12,17H2,1-2H3;1H/t14-;/m1./s1. The third-order valence-electron chi connectivity index (χ3n) is 4.45. The number of rotatable bonds is 4. The van der Waals surface area contributed by atoms with Crippen LogP contribution in [0.1, 0.15) is 38.7 Å². The summed E-state index contributed by atoms with van der Waals surface area (Å²) in [4.78, 5) is 14.9. The van der Waals surface area contributed by atoms with Gasteiger partial charge >= 0.3 is 0 Å². The molecule has 2 rings (SSSR count). The molecule has 2 N–H and O–H groups in total. The van der Waals surface area contributed by atoms with Crippen molar-refractivity contribution in [2.24, 2.45) is 5.73 Å². The third kappa shape index (κ3) is 2.99. The van der Waals surface area contributed by atoms with Gasteiger partial charge in [-0.3, -0.25) is 4.79 Å². The Morgan fingerprint density at radius 1 is 1.30 bits per heavy atom. The molecule has 1 amide bonds. The van der Waals surface area contributed by atoms with Gasteiger partial charge in [-0.2, -0.15) is 0 Å². The molecular weight excluding hydrogens is 272 g/mol. The maximum absolute atomic E-state index is 12.9. The van der Waals surface area contributed by atoms with E-state index in [-0.39, 0.29) is 29.8 Å². The molecule has 4 heteroatoms. The molecule has 0 aliphatic carbocycles. The fraction of sp³-hybridized carbons (Fsp3) is 0.562. The van der Waals surface area contributed by atoms with Crippen LogP contribution in [0.2, 0.25) is 0 Å². The molecule has 1 saturated heterocycles. The molecule has 1 fully saturated rings. The first kappa shape index (κ1) is 17.0. The van der Waals surface area contributed by atoms with E-state index >= 15 is 0 Å². The van der Waals surface area contributed by atoms with Crippen molar-refractivity contribution in [2.45, 2.75) is 44.6 Å². The zero-order valence-electron chi connectivity index (χ0n) is 12.3. The summed E-state index contributed by atoms with van der Waals surface area (Å²) in [7, 11) is 0. The molecule has 1 aromatic rings. The Morgan fingerprint density at radius 3 is 2.35 bits per heavy atom. The van der Waals surface area contributed by atoms with Gasteiger partial charge in [-0.15, -0.1) is 12.4 Å². The maximum atomic E-state index is 12.9. The lowest BCUT2D eigenvalue weighted by atomic mass is 9.74. The average Bonchev–Trinajstić information content (AvgIpc) is 2.88. The van der Waals surface area contributed by atoms with Crippen LogP contribution in [0.4, 0.5) is 0 Å². The molecule has 112 valence electrons. The lowest BCUT2D eigenvalue weighted by Gasteiger charge is -2.35. The number of nitrogens with zero attached hydrogens (tertiary/aromatic N) is 1. The molecule has 0 aromatic heterocycles. The van der Waals surface area contributed by atoms with Gasteiger partial charge in [0.2, 0.25) is 5.91 Å². The van der Waals surface area contributed by atoms with E-state index in [1.165, 1.54) is 0 Å². The van der Waals surface area contributed by atoms with Crippen molar-refractivity contribution < 1.29 is 4.79 Å². The van der Waals surface area contributed by atoms with Crippen molar-refractivity contribution in [3.05, 3.63) is 35.9 Å². The average molecular weight is 297 g/mol. The zero-order valence-corrected chi connectivity index (χ0v) is 13.2. The van der Waals surface area contributed by atoms with Gasteiger partial charge in [-0.25, -0.2) is 0 Å². The van der Waals surface area contributed by atoms with Gasteiger partial charge < -0.3 is 10.6 Å². The highest BCUT2D eigenvalue weighted by Crippen LogP contribution is 2.34. The molecule has 0 spiro atoms. The minimum Gasteiger partial charge on any atom is -0.340 e. The Labute approximate surface area is 127 Å². The zero-order chi connectivity index (χ0) is 13.9. The predicted octanol–water partition coefficient (Wildman–Crippen LogP) is 2.73. The second-order valence-corrected chi connectivity index (χ2v) is 5.46. The van der Waals surface area contributed by atoms with Gasteiger partial charge in [-0.1, -0.05) is 44.2 Å². The van der Waals surface area contributed by atoms with Gasteiger partial charge in [0.1, 0.15) is 0 Å². The highest BCUT2D eigenvalue weighted by Gasteiger charge is 2.41. The molecular formula is C16H25ClN2O. The Morgan fingerprint density at radius 2 is 1.90 bits per heavy atom. The van der Waals surface area contributed by atoms with Crippen LogP contribution in [0, 0.1) is 0 Å². The van der Waals surface area contributed by atoms with Crippen LogP contribution in [0.5, 0.6) is 0 Å². The first-order valence-electron chi connectivity index (χ1n) is 7.24. The topological polar surface area (TPSA) is 46.3 Å². The molecule has 1 heterocycles. The summed E-state index contributed by atoms with van der Waals surface area (Å²) in [5.41, 5.74) is 6.68. The first-order chi connectivity index (χ1) is 9.14. The summed E-state index contributed by atoms with van der Waals surface area (Å²) in [5, 5.41) is 0. The number of nitrogens with two attached hydrogens (primary N) is 1. The minimum atomic E-state index is -0.384. The summed E-state index contributed by atoms with van der Waals surface area (Å²) < 4.78 is 0. The van der Waals surface area contributed by atoms with E-state index in [4.69, 9.17) is 5.73 Å². The third-order valence-corrected chi connectivity index (χ3v) is 4.45. The van der Waals surface area contributed by atoms with Gasteiger partial charge in [0.15, 0.2) is 0 Å². The summed E-state index contributed by atoms with van der Waals surface area (Å²) in [5.74, 6) is 0.247. The smallest absolute Gasteiger partial charge is 0.233 e. The fourth-order valence-corrected chi connectivity index (χ4v) is 3.12. The number of halogens is 1. The normalized spacial score (nSPS) is 18.8. The van der Waals surface area contributed by atoms with E-state index in [1.54, 1.807) is 0 Å². The summed E-state index contributed by atoms with van der Waals surface area (Å²) in [6.45, 7) is 5.71.